The SMILES string of the molecule is CCc1c(COc2cccc(NC(=O)Nc3ccccc3)c2)c(CC)c(COc2cccc(NC(=O)Nc3ccccc3)c2)c(CC)c1COc1cccc(NC(=O)Nc2ccccc2)c1. The van der Waals surface area contributed by atoms with Gasteiger partial charge in [0.25, 0.3) is 0 Å². The maximum Gasteiger partial charge on any atom is 0.323 e. The minimum Gasteiger partial charge on any atom is -0.489 e. The fourth-order valence-corrected chi connectivity index (χ4v) is 7.80. The summed E-state index contributed by atoms with van der Waals surface area (Å²) in [4.78, 5) is 38.5. The lowest BCUT2D eigenvalue weighted by molar-refractivity contribution is 0.261. The molecule has 7 aromatic rings. The molecule has 7 rings (SSSR count). The van der Waals surface area contributed by atoms with Gasteiger partial charge in [-0.05, 0) is 125 Å². The third-order valence-corrected chi connectivity index (χ3v) is 10.8. The number of amides is 6. The lowest BCUT2D eigenvalue weighted by atomic mass is 9.84. The molecule has 6 N–H and O–H groups in total. The van der Waals surface area contributed by atoms with Gasteiger partial charge in [-0.3, -0.25) is 0 Å². The fraction of sp³-hybridized carbons (Fsp3) is 0.167. The van der Waals surface area contributed by atoms with Crippen molar-refractivity contribution in [2.45, 2.75) is 59.9 Å². The van der Waals surface area contributed by atoms with E-state index >= 15 is 0 Å². The molecule has 336 valence electrons. The molecular formula is C54H54N6O6. The molecule has 0 unspecified atom stereocenters. The topological polar surface area (TPSA) is 151 Å². The number of hydrogen-bond acceptors (Lipinski definition) is 6. The van der Waals surface area contributed by atoms with Crippen LogP contribution >= 0.6 is 0 Å². The third kappa shape index (κ3) is 12.7. The molecule has 0 atom stereocenters. The first-order valence-electron chi connectivity index (χ1n) is 22.0. The van der Waals surface area contributed by atoms with Gasteiger partial charge in [0.2, 0.25) is 0 Å². The molecule has 66 heavy (non-hydrogen) atoms. The minimum absolute atomic E-state index is 0.252. The molecular weight excluding hydrogens is 829 g/mol. The number of carbonyl (C=O) groups is 3. The van der Waals surface area contributed by atoms with Crippen LogP contribution in [0, 0.1) is 0 Å². The van der Waals surface area contributed by atoms with Crippen molar-refractivity contribution in [3.8, 4) is 17.2 Å². The highest BCUT2D eigenvalue weighted by atomic mass is 16.5. The number of urea groups is 3. The number of anilines is 6. The second-order valence-electron chi connectivity index (χ2n) is 15.2. The Balaban J connectivity index is 1.15. The molecule has 0 spiro atoms. The number of para-hydroxylation sites is 3. The van der Waals surface area contributed by atoms with E-state index in [1.54, 1.807) is 18.2 Å². The van der Waals surface area contributed by atoms with E-state index in [1.165, 1.54) is 0 Å². The Morgan fingerprint density at radius 3 is 0.818 bits per heavy atom. The Labute approximate surface area is 385 Å². The highest BCUT2D eigenvalue weighted by Gasteiger charge is 2.23. The number of nitrogens with one attached hydrogen (secondary N) is 6. The standard InChI is InChI=1S/C54H54N6O6/c1-4-46-49(34-64-43-28-16-25-40(31-43)58-52(61)55-37-19-10-7-11-20-37)47(5-2)51(36-66-45-30-18-27-42(33-45)60-54(63)57-39-23-14-9-15-24-39)48(6-3)50(46)35-65-44-29-17-26-41(32-44)59-53(62)56-38-21-12-8-13-22-38/h7-33H,4-6,34-36H2,1-3H3,(H2,55,58,61)(H2,56,59,62)(H2,57,60,63). The van der Waals surface area contributed by atoms with Crippen LogP contribution in [-0.2, 0) is 39.1 Å². The summed E-state index contributed by atoms with van der Waals surface area (Å²) in [6.45, 7) is 7.16. The van der Waals surface area contributed by atoms with E-state index in [4.69, 9.17) is 14.2 Å². The highest BCUT2D eigenvalue weighted by molar-refractivity contribution is 6.01. The second-order valence-corrected chi connectivity index (χ2v) is 15.2. The monoisotopic (exact) mass is 882 g/mol. The summed E-state index contributed by atoms with van der Waals surface area (Å²) in [5.41, 5.74) is 10.3. The number of rotatable bonds is 18. The molecule has 6 amide bonds. The molecule has 0 radical (unpaired) electrons. The molecule has 0 aliphatic rings. The Kier molecular flexibility index (Phi) is 15.9. The zero-order valence-electron chi connectivity index (χ0n) is 37.3. The summed E-state index contributed by atoms with van der Waals surface area (Å²) in [5, 5.41) is 17.3. The van der Waals surface area contributed by atoms with E-state index in [-0.39, 0.29) is 37.9 Å². The van der Waals surface area contributed by atoms with Crippen molar-refractivity contribution in [3.63, 3.8) is 0 Å². The number of ether oxygens (including phenoxy) is 3. The molecule has 0 aliphatic carbocycles. The average molecular weight is 883 g/mol. The van der Waals surface area contributed by atoms with Gasteiger partial charge in [-0.2, -0.15) is 0 Å². The summed E-state index contributed by atoms with van der Waals surface area (Å²) in [6.07, 6.45) is 2.12. The van der Waals surface area contributed by atoms with Gasteiger partial charge in [-0.1, -0.05) is 93.6 Å². The number of hydrogen-bond donors (Lipinski definition) is 6. The number of benzene rings is 7. The molecule has 12 nitrogen and oxygen atoms in total. The van der Waals surface area contributed by atoms with Crippen LogP contribution < -0.4 is 46.1 Å². The summed E-state index contributed by atoms with van der Waals surface area (Å²) in [5.74, 6) is 1.77. The van der Waals surface area contributed by atoms with Crippen molar-refractivity contribution in [2.24, 2.45) is 0 Å². The molecule has 7 aromatic carbocycles. The van der Waals surface area contributed by atoms with E-state index in [0.29, 0.717) is 70.6 Å². The average Bonchev–Trinajstić information content (AvgIpc) is 3.32. The van der Waals surface area contributed by atoms with Gasteiger partial charge in [0.15, 0.2) is 0 Å². The maximum absolute atomic E-state index is 12.8. The first-order valence-corrected chi connectivity index (χ1v) is 22.0. The van der Waals surface area contributed by atoms with Crippen molar-refractivity contribution < 1.29 is 28.6 Å². The van der Waals surface area contributed by atoms with Crippen LogP contribution in [0.3, 0.4) is 0 Å². The van der Waals surface area contributed by atoms with Crippen LogP contribution in [-0.4, -0.2) is 18.1 Å². The third-order valence-electron chi connectivity index (χ3n) is 10.8. The van der Waals surface area contributed by atoms with Crippen molar-refractivity contribution in [1.82, 2.24) is 0 Å². The smallest absolute Gasteiger partial charge is 0.323 e. The van der Waals surface area contributed by atoms with Crippen LogP contribution in [0.2, 0.25) is 0 Å². The van der Waals surface area contributed by atoms with Crippen LogP contribution in [0.25, 0.3) is 0 Å². The first kappa shape index (κ1) is 45.8. The van der Waals surface area contributed by atoms with E-state index in [2.05, 4.69) is 52.7 Å². The molecule has 0 bridgehead atoms. The normalized spacial score (nSPS) is 10.6. The zero-order valence-corrected chi connectivity index (χ0v) is 37.3. The summed E-state index contributed by atoms with van der Waals surface area (Å²) >= 11 is 0. The Morgan fingerprint density at radius 2 is 0.561 bits per heavy atom. The predicted octanol–water partition coefficient (Wildman–Crippen LogP) is 13.0. The van der Waals surface area contributed by atoms with Crippen molar-refractivity contribution in [1.29, 1.82) is 0 Å². The van der Waals surface area contributed by atoms with Crippen LogP contribution in [0.5, 0.6) is 17.2 Å². The predicted molar refractivity (Wildman–Crippen MR) is 264 cm³/mol. The van der Waals surface area contributed by atoms with Gasteiger partial charge in [-0.25, -0.2) is 14.4 Å². The molecule has 0 saturated heterocycles. The van der Waals surface area contributed by atoms with E-state index < -0.39 is 0 Å². The maximum atomic E-state index is 12.8. The van der Waals surface area contributed by atoms with E-state index in [1.807, 2.05) is 146 Å². The van der Waals surface area contributed by atoms with Crippen LogP contribution in [0.4, 0.5) is 48.5 Å². The molecule has 12 heteroatoms. The quantitative estimate of drug-likeness (QED) is 0.0505. The Bertz CT molecular complexity index is 2410. The molecule has 0 fully saturated rings. The van der Waals surface area contributed by atoms with Crippen molar-refractivity contribution in [3.05, 3.63) is 197 Å². The zero-order chi connectivity index (χ0) is 46.1. The molecule has 0 saturated carbocycles. The lowest BCUT2D eigenvalue weighted by Gasteiger charge is -2.26. The van der Waals surface area contributed by atoms with Gasteiger partial charge in [0.1, 0.15) is 37.1 Å². The van der Waals surface area contributed by atoms with Gasteiger partial charge in [0, 0.05) is 52.3 Å². The van der Waals surface area contributed by atoms with Gasteiger partial charge in [0.05, 0.1) is 0 Å². The molecule has 0 aliphatic heterocycles. The van der Waals surface area contributed by atoms with Gasteiger partial charge >= 0.3 is 18.1 Å². The van der Waals surface area contributed by atoms with Gasteiger partial charge in [-0.15, -0.1) is 0 Å². The molecule has 0 aromatic heterocycles. The fourth-order valence-electron chi connectivity index (χ4n) is 7.80. The lowest BCUT2D eigenvalue weighted by Crippen LogP contribution is -2.19. The van der Waals surface area contributed by atoms with Crippen LogP contribution in [0.1, 0.15) is 54.2 Å². The van der Waals surface area contributed by atoms with Crippen LogP contribution in [0.15, 0.2) is 164 Å². The highest BCUT2D eigenvalue weighted by Crippen LogP contribution is 2.34. The number of carbonyl (C=O) groups excluding carboxylic acids is 3. The van der Waals surface area contributed by atoms with E-state index in [0.717, 1.165) is 33.4 Å². The van der Waals surface area contributed by atoms with Crippen molar-refractivity contribution in [2.75, 3.05) is 31.9 Å². The Morgan fingerprint density at radius 1 is 0.318 bits per heavy atom. The Hall–Kier alpha value is -8.25. The second kappa shape index (κ2) is 22.9. The summed E-state index contributed by atoms with van der Waals surface area (Å²) in [7, 11) is 0. The summed E-state index contributed by atoms with van der Waals surface area (Å²) < 4.78 is 19.7. The minimum atomic E-state index is -0.363. The molecule has 0 heterocycles. The summed E-state index contributed by atoms with van der Waals surface area (Å²) in [6, 6.07) is 48.7. The largest absolute Gasteiger partial charge is 0.489 e. The van der Waals surface area contributed by atoms with E-state index in [9.17, 15) is 14.4 Å². The first-order chi connectivity index (χ1) is 32.3. The van der Waals surface area contributed by atoms with Gasteiger partial charge < -0.3 is 46.1 Å². The van der Waals surface area contributed by atoms with Crippen molar-refractivity contribution >= 4 is 52.2 Å².